The molecule has 0 aliphatic carbocycles. The van der Waals surface area contributed by atoms with Gasteiger partial charge >= 0.3 is 33.7 Å². The molecular weight excluding hydrogens is 416 g/mol. The van der Waals surface area contributed by atoms with Crippen molar-refractivity contribution in [1.82, 2.24) is 0 Å². The molecule has 0 N–H and O–H groups in total. The van der Waals surface area contributed by atoms with Crippen molar-refractivity contribution in [2.24, 2.45) is 11.8 Å². The third-order valence-electron chi connectivity index (χ3n) is 2.94. The second-order valence-electron chi connectivity index (χ2n) is 5.22. The van der Waals surface area contributed by atoms with Crippen LogP contribution in [0.15, 0.2) is 0 Å². The van der Waals surface area contributed by atoms with Gasteiger partial charge in [-0.15, -0.1) is 13.2 Å². The van der Waals surface area contributed by atoms with E-state index in [2.05, 4.69) is 0 Å². The van der Waals surface area contributed by atoms with E-state index in [1.807, 2.05) is 0 Å². The molecule has 0 aliphatic heterocycles. The van der Waals surface area contributed by atoms with Crippen LogP contribution in [0, 0.1) is 11.8 Å². The summed E-state index contributed by atoms with van der Waals surface area (Å²) in [5.41, 5.74) is 0. The molecule has 0 amide bonds. The zero-order chi connectivity index (χ0) is 23.1. The molecule has 8 nitrogen and oxygen atoms in total. The number of hydrogen-bond acceptors (Lipinski definition) is 8. The van der Waals surface area contributed by atoms with Crippen LogP contribution in [0.4, 0.5) is 0 Å². The molecule has 0 aromatic carbocycles. The number of carbonyl (C=O) groups is 4. The molecule has 0 heterocycles. The molecule has 170 valence electrons. The smallest absolute Gasteiger partial charge is 0.855 e. The van der Waals surface area contributed by atoms with Crippen LogP contribution in [-0.2, 0) is 50.4 Å². The average Bonchev–Trinajstić information content (AvgIpc) is 2.58. The van der Waals surface area contributed by atoms with Gasteiger partial charge in [0, 0.05) is 0 Å². The molecule has 0 bridgehead atoms. The molecule has 2 atom stereocenters. The van der Waals surface area contributed by atoms with Gasteiger partial charge in [0.25, 0.3) is 0 Å². The molecule has 0 radical (unpaired) electrons. The fourth-order valence-electron chi connectivity index (χ4n) is 1.73. The van der Waals surface area contributed by atoms with E-state index < -0.39 is 23.8 Å². The van der Waals surface area contributed by atoms with Crippen molar-refractivity contribution in [3.8, 4) is 0 Å². The van der Waals surface area contributed by atoms with Gasteiger partial charge in [-0.1, -0.05) is 27.7 Å². The van der Waals surface area contributed by atoms with Crippen molar-refractivity contribution in [1.29, 1.82) is 0 Å². The predicted molar refractivity (Wildman–Crippen MR) is 103 cm³/mol. The van der Waals surface area contributed by atoms with Gasteiger partial charge in [-0.25, -0.2) is 0 Å². The Morgan fingerprint density at radius 2 is 0.862 bits per heavy atom. The molecular formula is C20H38O8Ti. The van der Waals surface area contributed by atoms with Crippen LogP contribution in [0.2, 0.25) is 0 Å². The van der Waals surface area contributed by atoms with Crippen molar-refractivity contribution in [2.75, 3.05) is 26.4 Å². The fourth-order valence-corrected chi connectivity index (χ4v) is 1.73. The minimum Gasteiger partial charge on any atom is -0.855 e. The number of esters is 2. The van der Waals surface area contributed by atoms with E-state index in [-0.39, 0.29) is 46.5 Å². The Bertz CT molecular complexity index is 375. The average molecular weight is 454 g/mol. The summed E-state index contributed by atoms with van der Waals surface area (Å²) in [5, 5.41) is 17.9. The van der Waals surface area contributed by atoms with E-state index in [1.54, 1.807) is 41.5 Å². The standard InChI is InChI=1S/2C8H14O3.2C2H5O.Ti/c2*1-4-7(6(3)9)8(10)11-5-2;2*1-2-3;/h2*7H,4-5H2,1-3H3;2*2H2,1H3;/q;;2*-1;+2. The zero-order valence-electron chi connectivity index (χ0n) is 19.2. The fraction of sp³-hybridized carbons (Fsp3) is 0.800. The van der Waals surface area contributed by atoms with Crippen LogP contribution >= 0.6 is 0 Å². The van der Waals surface area contributed by atoms with Gasteiger partial charge < -0.3 is 19.7 Å². The van der Waals surface area contributed by atoms with Crippen LogP contribution in [0.25, 0.3) is 0 Å². The topological polar surface area (TPSA) is 133 Å². The molecule has 0 aliphatic rings. The van der Waals surface area contributed by atoms with Gasteiger partial charge in [-0.05, 0) is 40.5 Å². The summed E-state index contributed by atoms with van der Waals surface area (Å²) in [5.74, 6) is -2.16. The van der Waals surface area contributed by atoms with Crippen LogP contribution in [0.1, 0.15) is 68.2 Å². The maximum atomic E-state index is 11.0. The Balaban J connectivity index is -0.000000101. The molecule has 2 unspecified atom stereocenters. The van der Waals surface area contributed by atoms with E-state index in [4.69, 9.17) is 19.7 Å². The molecule has 0 spiro atoms. The number of ether oxygens (including phenoxy) is 2. The van der Waals surface area contributed by atoms with Crippen molar-refractivity contribution in [2.45, 2.75) is 68.2 Å². The summed E-state index contributed by atoms with van der Waals surface area (Å²) in [4.78, 5) is 43.5. The van der Waals surface area contributed by atoms with Crippen molar-refractivity contribution in [3.05, 3.63) is 0 Å². The number of hydrogen-bond donors (Lipinski definition) is 0. The van der Waals surface area contributed by atoms with Crippen molar-refractivity contribution >= 4 is 23.5 Å². The first kappa shape index (κ1) is 38.5. The molecule has 0 saturated carbocycles. The van der Waals surface area contributed by atoms with E-state index in [0.29, 0.717) is 26.1 Å². The molecule has 0 saturated heterocycles. The summed E-state index contributed by atoms with van der Waals surface area (Å²) in [7, 11) is 0. The zero-order valence-corrected chi connectivity index (χ0v) is 20.7. The third kappa shape index (κ3) is 26.9. The van der Waals surface area contributed by atoms with Crippen LogP contribution in [0.3, 0.4) is 0 Å². The molecule has 0 fully saturated rings. The number of Topliss-reactive ketones (excluding diaryl/α,β-unsaturated/α-hetero) is 2. The molecule has 0 rings (SSSR count). The molecule has 0 aromatic heterocycles. The van der Waals surface area contributed by atoms with Crippen molar-refractivity contribution < 1.29 is 60.6 Å². The van der Waals surface area contributed by atoms with Crippen LogP contribution in [0.5, 0.6) is 0 Å². The van der Waals surface area contributed by atoms with Gasteiger partial charge in [-0.2, -0.15) is 0 Å². The maximum absolute atomic E-state index is 11.0. The normalized spacial score (nSPS) is 10.6. The summed E-state index contributed by atoms with van der Waals surface area (Å²) < 4.78 is 9.39. The van der Waals surface area contributed by atoms with Gasteiger partial charge in [0.2, 0.25) is 0 Å². The molecule has 9 heteroatoms. The van der Waals surface area contributed by atoms with Gasteiger partial charge in [0.15, 0.2) is 0 Å². The first-order valence-electron chi connectivity index (χ1n) is 9.59. The maximum Gasteiger partial charge on any atom is 2.00 e. The third-order valence-corrected chi connectivity index (χ3v) is 2.94. The monoisotopic (exact) mass is 454 g/mol. The Morgan fingerprint density at radius 3 is 0.966 bits per heavy atom. The van der Waals surface area contributed by atoms with Gasteiger partial charge in [-0.3, -0.25) is 19.2 Å². The summed E-state index contributed by atoms with van der Waals surface area (Å²) in [6.45, 7) is 13.7. The quantitative estimate of drug-likeness (QED) is 0.302. The van der Waals surface area contributed by atoms with Gasteiger partial charge in [0.1, 0.15) is 23.4 Å². The van der Waals surface area contributed by atoms with E-state index in [1.165, 1.54) is 13.8 Å². The Labute approximate surface area is 190 Å². The first-order chi connectivity index (χ1) is 13.1. The van der Waals surface area contributed by atoms with Crippen molar-refractivity contribution in [3.63, 3.8) is 0 Å². The second-order valence-corrected chi connectivity index (χ2v) is 5.22. The SMILES string of the molecule is CCOC(=O)C(CC)C(C)=O.CCOC(=O)C(CC)C(C)=O.CC[O-].CC[O-].[Ti+2]. The number of rotatable bonds is 8. The minimum absolute atomic E-state index is 0. The Hall–Kier alpha value is -1.09. The van der Waals surface area contributed by atoms with E-state index in [0.717, 1.165) is 0 Å². The summed E-state index contributed by atoms with van der Waals surface area (Å²) in [6, 6.07) is 0. The minimum atomic E-state index is -0.560. The predicted octanol–water partition coefficient (Wildman–Crippen LogP) is 1.06. The number of carbonyl (C=O) groups excluding carboxylic acids is 4. The molecule has 29 heavy (non-hydrogen) atoms. The summed E-state index contributed by atoms with van der Waals surface area (Å²) >= 11 is 0. The Morgan fingerprint density at radius 1 is 0.655 bits per heavy atom. The number of ketones is 2. The largest absolute Gasteiger partial charge is 2.00 e. The van der Waals surface area contributed by atoms with Crippen LogP contribution in [-0.4, -0.2) is 49.9 Å². The van der Waals surface area contributed by atoms with Crippen LogP contribution < -0.4 is 10.2 Å². The van der Waals surface area contributed by atoms with Gasteiger partial charge in [0.05, 0.1) is 13.2 Å². The molecule has 0 aromatic rings. The van der Waals surface area contributed by atoms with E-state index in [9.17, 15) is 19.2 Å². The van der Waals surface area contributed by atoms with E-state index >= 15 is 0 Å². The Kier molecular flexibility index (Phi) is 38.7. The second kappa shape index (κ2) is 29.1. The first-order valence-corrected chi connectivity index (χ1v) is 9.59. The summed E-state index contributed by atoms with van der Waals surface area (Å²) in [6.07, 6.45) is 1.04.